The van der Waals surface area contributed by atoms with Crippen molar-refractivity contribution in [2.75, 3.05) is 5.32 Å². The number of aromatic nitrogens is 3. The van der Waals surface area contributed by atoms with Gasteiger partial charge in [-0.15, -0.1) is 11.3 Å². The van der Waals surface area contributed by atoms with Crippen LogP contribution in [0.15, 0.2) is 72.2 Å². The molecule has 13 heteroatoms. The number of anilines is 1. The van der Waals surface area contributed by atoms with Crippen molar-refractivity contribution < 1.29 is 22.8 Å². The number of amides is 2. The number of hydrogen-bond donors (Lipinski definition) is 2. The first-order valence-corrected chi connectivity index (χ1v) is 13.3. The van der Waals surface area contributed by atoms with Gasteiger partial charge in [-0.3, -0.25) is 9.59 Å². The molecule has 204 valence electrons. The number of alkyl halides is 3. The number of pyridine rings is 1. The van der Waals surface area contributed by atoms with E-state index in [9.17, 15) is 22.8 Å². The number of carbonyl (C=O) groups excluding carboxylic acids is 2. The Hall–Kier alpha value is -3.93. The lowest BCUT2D eigenvalue weighted by Crippen LogP contribution is -2.28. The molecule has 3 aromatic heterocycles. The second-order valence-electron chi connectivity index (χ2n) is 8.63. The van der Waals surface area contributed by atoms with Crippen LogP contribution in [0.5, 0.6) is 0 Å². The monoisotopic (exact) mass is 603 g/mol. The molecule has 40 heavy (non-hydrogen) atoms. The minimum absolute atomic E-state index is 0.0263. The first-order valence-electron chi connectivity index (χ1n) is 11.7. The number of benzene rings is 2. The fourth-order valence-corrected chi connectivity index (χ4v) is 5.30. The summed E-state index contributed by atoms with van der Waals surface area (Å²) in [4.78, 5) is 31.9. The van der Waals surface area contributed by atoms with Gasteiger partial charge in [0, 0.05) is 22.5 Å². The number of thiophene rings is 1. The Morgan fingerprint density at radius 2 is 1.80 bits per heavy atom. The maximum absolute atomic E-state index is 13.6. The highest BCUT2D eigenvalue weighted by Gasteiger charge is 2.37. The Morgan fingerprint density at radius 1 is 1.02 bits per heavy atom. The molecule has 2 N–H and O–H groups in total. The molecule has 0 aliphatic heterocycles. The van der Waals surface area contributed by atoms with Gasteiger partial charge in [0.05, 0.1) is 27.3 Å². The zero-order valence-corrected chi connectivity index (χ0v) is 22.8. The molecule has 2 aromatic carbocycles. The minimum atomic E-state index is -4.86. The second-order valence-corrected chi connectivity index (χ2v) is 10.4. The summed E-state index contributed by atoms with van der Waals surface area (Å²) >= 11 is 14.3. The molecule has 1 unspecified atom stereocenters. The van der Waals surface area contributed by atoms with E-state index in [1.807, 2.05) is 17.5 Å². The molecule has 0 bridgehead atoms. The Balaban J connectivity index is 1.59. The number of halogens is 5. The molecule has 5 rings (SSSR count). The van der Waals surface area contributed by atoms with Crippen LogP contribution in [0.3, 0.4) is 0 Å². The summed E-state index contributed by atoms with van der Waals surface area (Å²) < 4.78 is 41.5. The van der Waals surface area contributed by atoms with Crippen LogP contribution in [0.2, 0.25) is 10.0 Å². The lowest BCUT2D eigenvalue weighted by molar-refractivity contribution is -0.141. The highest BCUT2D eigenvalue weighted by Crippen LogP contribution is 2.36. The second kappa shape index (κ2) is 10.9. The number of nitrogens with zero attached hydrogens (tertiary/aromatic N) is 3. The lowest BCUT2D eigenvalue weighted by atomic mass is 10.0. The van der Waals surface area contributed by atoms with Crippen molar-refractivity contribution in [2.45, 2.75) is 19.1 Å². The molecule has 0 saturated heterocycles. The van der Waals surface area contributed by atoms with E-state index in [1.54, 1.807) is 37.3 Å². The van der Waals surface area contributed by atoms with Crippen LogP contribution in [-0.4, -0.2) is 26.6 Å². The highest BCUT2D eigenvalue weighted by molar-refractivity contribution is 7.10. The van der Waals surface area contributed by atoms with Gasteiger partial charge in [0.1, 0.15) is 5.69 Å². The molecule has 0 aliphatic carbocycles. The van der Waals surface area contributed by atoms with E-state index in [-0.39, 0.29) is 33.2 Å². The third-order valence-electron chi connectivity index (χ3n) is 5.96. The highest BCUT2D eigenvalue weighted by atomic mass is 35.5. The number of nitrogens with one attached hydrogen (secondary N) is 2. The number of hydrogen-bond acceptors (Lipinski definition) is 5. The third kappa shape index (κ3) is 5.40. The maximum atomic E-state index is 13.6. The molecule has 3 heterocycles. The lowest BCUT2D eigenvalue weighted by Gasteiger charge is -2.18. The Bertz CT molecular complexity index is 1740. The predicted molar refractivity (Wildman–Crippen MR) is 148 cm³/mol. The van der Waals surface area contributed by atoms with Gasteiger partial charge >= 0.3 is 6.18 Å². The molecular weight excluding hydrogens is 586 g/mol. The Morgan fingerprint density at radius 3 is 2.50 bits per heavy atom. The first-order chi connectivity index (χ1) is 19.0. The van der Waals surface area contributed by atoms with Crippen molar-refractivity contribution in [1.29, 1.82) is 0 Å². The van der Waals surface area contributed by atoms with Gasteiger partial charge in [-0.2, -0.15) is 18.3 Å². The van der Waals surface area contributed by atoms with Crippen molar-refractivity contribution in [3.05, 3.63) is 104 Å². The van der Waals surface area contributed by atoms with Gasteiger partial charge in [0.2, 0.25) is 0 Å². The fourth-order valence-electron chi connectivity index (χ4n) is 4.04. The van der Waals surface area contributed by atoms with Gasteiger partial charge in [-0.25, -0.2) is 9.67 Å². The van der Waals surface area contributed by atoms with E-state index in [0.717, 1.165) is 4.88 Å². The largest absolute Gasteiger partial charge is 0.435 e. The van der Waals surface area contributed by atoms with E-state index < -0.39 is 29.4 Å². The van der Waals surface area contributed by atoms with Gasteiger partial charge < -0.3 is 10.6 Å². The van der Waals surface area contributed by atoms with Crippen LogP contribution in [0, 0.1) is 0 Å². The molecule has 0 radical (unpaired) electrons. The molecule has 0 saturated carbocycles. The van der Waals surface area contributed by atoms with Gasteiger partial charge in [0.25, 0.3) is 11.8 Å². The zero-order valence-electron chi connectivity index (χ0n) is 20.5. The molecule has 0 spiro atoms. The van der Waals surface area contributed by atoms with Gasteiger partial charge in [0.15, 0.2) is 11.5 Å². The minimum Gasteiger partial charge on any atom is -0.345 e. The van der Waals surface area contributed by atoms with E-state index in [4.69, 9.17) is 23.2 Å². The summed E-state index contributed by atoms with van der Waals surface area (Å²) in [6.07, 6.45) is -3.56. The topological polar surface area (TPSA) is 88.9 Å². The zero-order chi connectivity index (χ0) is 28.6. The summed E-state index contributed by atoms with van der Waals surface area (Å²) in [7, 11) is 0. The first kappa shape index (κ1) is 27.6. The van der Waals surface area contributed by atoms with Crippen molar-refractivity contribution in [2.24, 2.45) is 0 Å². The van der Waals surface area contributed by atoms with Gasteiger partial charge in [-0.05, 0) is 42.0 Å². The fraction of sp³-hybridized carbons (Fsp3) is 0.111. The summed E-state index contributed by atoms with van der Waals surface area (Å²) in [6, 6.07) is 15.3. The molecule has 0 fully saturated rings. The predicted octanol–water partition coefficient (Wildman–Crippen LogP) is 7.55. The molecule has 2 amide bonds. The van der Waals surface area contributed by atoms with Crippen LogP contribution in [-0.2, 0) is 6.18 Å². The van der Waals surface area contributed by atoms with Crippen LogP contribution in [0.25, 0.3) is 16.6 Å². The van der Waals surface area contributed by atoms with Crippen molar-refractivity contribution in [3.63, 3.8) is 0 Å². The normalized spacial score (nSPS) is 12.3. The average molecular weight is 604 g/mol. The van der Waals surface area contributed by atoms with Crippen molar-refractivity contribution in [1.82, 2.24) is 20.1 Å². The molecule has 5 aromatic rings. The van der Waals surface area contributed by atoms with Crippen molar-refractivity contribution in [3.8, 4) is 5.82 Å². The van der Waals surface area contributed by atoms with E-state index in [2.05, 4.69) is 20.7 Å². The molecule has 1 atom stereocenters. The van der Waals surface area contributed by atoms with E-state index in [1.165, 1.54) is 29.7 Å². The maximum Gasteiger partial charge on any atom is 0.435 e. The molecular formula is C27H18Cl2F3N5O2S. The van der Waals surface area contributed by atoms with Crippen LogP contribution in [0.4, 0.5) is 18.9 Å². The third-order valence-corrected chi connectivity index (χ3v) is 7.70. The summed E-state index contributed by atoms with van der Waals surface area (Å²) in [5, 5.41) is 12.0. The molecule has 7 nitrogen and oxygen atoms in total. The smallest absolute Gasteiger partial charge is 0.345 e. The summed E-state index contributed by atoms with van der Waals surface area (Å²) in [6.45, 7) is 1.80. The van der Waals surface area contributed by atoms with Crippen LogP contribution >= 0.6 is 34.5 Å². The quantitative estimate of drug-likeness (QED) is 0.210. The SMILES string of the molecule is CC(NC(=O)c1cc2ccccc2c(Cl)c1NC(=O)c1cc(C(F)(F)F)nn1-c1ncccc1Cl)c1cccs1. The standard InChI is InChI=1S/C27H18Cl2F3N5O2S/c1-14(20-9-5-11-40-20)34-25(38)17-12-15-6-2-3-7-16(15)22(29)23(17)35-26(39)19-13-21(27(30,31)32)36-37(19)24-18(28)8-4-10-33-24/h2-14H,1H3,(H,34,38)(H,35,39). The number of rotatable bonds is 6. The van der Waals surface area contributed by atoms with Crippen molar-refractivity contribution >= 4 is 62.8 Å². The summed E-state index contributed by atoms with van der Waals surface area (Å²) in [5.41, 5.74) is -1.89. The van der Waals surface area contributed by atoms with Crippen LogP contribution < -0.4 is 10.6 Å². The van der Waals surface area contributed by atoms with E-state index >= 15 is 0 Å². The average Bonchev–Trinajstić information content (AvgIpc) is 3.61. The van der Waals surface area contributed by atoms with Gasteiger partial charge in [-0.1, -0.05) is 53.5 Å². The van der Waals surface area contributed by atoms with E-state index in [0.29, 0.717) is 21.5 Å². The number of fused-ring (bicyclic) bond motifs is 1. The molecule has 0 aliphatic rings. The summed E-state index contributed by atoms with van der Waals surface area (Å²) in [5.74, 6) is -1.74. The Kier molecular flexibility index (Phi) is 7.54. The number of carbonyl (C=O) groups is 2. The van der Waals surface area contributed by atoms with Crippen LogP contribution in [0.1, 0.15) is 44.4 Å². The Labute approximate surface area is 239 Å².